The fourth-order valence-corrected chi connectivity index (χ4v) is 1.96. The first-order chi connectivity index (χ1) is 11.2. The Labute approximate surface area is 137 Å². The largest absolute Gasteiger partial charge is 0.462 e. The van der Waals surface area contributed by atoms with Crippen molar-refractivity contribution < 1.29 is 9.53 Å². The summed E-state index contributed by atoms with van der Waals surface area (Å²) in [5.74, 6) is -0.282. The zero-order valence-electron chi connectivity index (χ0n) is 13.6. The molecule has 23 heavy (non-hydrogen) atoms. The van der Waals surface area contributed by atoms with Crippen molar-refractivity contribution >= 4 is 23.7 Å². The van der Waals surface area contributed by atoms with Crippen LogP contribution in [0.3, 0.4) is 0 Å². The third-order valence-corrected chi connectivity index (χ3v) is 3.38. The van der Waals surface area contributed by atoms with Crippen molar-refractivity contribution in [2.24, 2.45) is 4.99 Å². The predicted molar refractivity (Wildman–Crippen MR) is 94.6 cm³/mol. The summed E-state index contributed by atoms with van der Waals surface area (Å²) in [6.07, 6.45) is 3.65. The van der Waals surface area contributed by atoms with Crippen molar-refractivity contribution in [1.29, 1.82) is 0 Å². The zero-order valence-corrected chi connectivity index (χ0v) is 13.6. The first-order valence-corrected chi connectivity index (χ1v) is 7.80. The van der Waals surface area contributed by atoms with E-state index in [2.05, 4.69) is 11.9 Å². The number of hydrogen-bond acceptors (Lipinski definition) is 3. The molecule has 0 heterocycles. The van der Waals surface area contributed by atoms with Gasteiger partial charge in [-0.25, -0.2) is 9.79 Å². The lowest BCUT2D eigenvalue weighted by Gasteiger charge is -2.12. The maximum Gasteiger partial charge on any atom is 0.338 e. The van der Waals surface area contributed by atoms with Gasteiger partial charge in [-0.05, 0) is 42.8 Å². The summed E-state index contributed by atoms with van der Waals surface area (Å²) in [5.41, 5.74) is 2.40. The average Bonchev–Trinajstić information content (AvgIpc) is 2.61. The van der Waals surface area contributed by atoms with E-state index >= 15 is 0 Å². The van der Waals surface area contributed by atoms with Crippen molar-refractivity contribution in [1.82, 2.24) is 0 Å². The minimum absolute atomic E-state index is 0.282. The van der Waals surface area contributed by atoms with E-state index in [-0.39, 0.29) is 5.97 Å². The van der Waals surface area contributed by atoms with E-state index in [4.69, 9.17) is 4.74 Å². The summed E-state index contributed by atoms with van der Waals surface area (Å²) in [7, 11) is 1.94. The Morgan fingerprint density at radius 2 is 1.83 bits per heavy atom. The van der Waals surface area contributed by atoms with Gasteiger partial charge >= 0.3 is 5.97 Å². The van der Waals surface area contributed by atoms with Gasteiger partial charge in [0.2, 0.25) is 0 Å². The molecule has 0 aromatic heterocycles. The van der Waals surface area contributed by atoms with Crippen LogP contribution in [0.1, 0.15) is 30.1 Å². The zero-order chi connectivity index (χ0) is 16.5. The molecule has 0 aliphatic carbocycles. The van der Waals surface area contributed by atoms with Crippen molar-refractivity contribution in [2.45, 2.75) is 19.8 Å². The molecule has 0 atom stereocenters. The quantitative estimate of drug-likeness (QED) is 0.328. The van der Waals surface area contributed by atoms with Crippen LogP contribution < -0.4 is 4.90 Å². The summed E-state index contributed by atoms with van der Waals surface area (Å²) in [6.45, 7) is 2.53. The molecule has 2 aromatic rings. The van der Waals surface area contributed by atoms with Gasteiger partial charge in [0.25, 0.3) is 0 Å². The van der Waals surface area contributed by atoms with Crippen molar-refractivity contribution in [3.05, 3.63) is 60.2 Å². The lowest BCUT2D eigenvalue weighted by atomic mass is 10.2. The van der Waals surface area contributed by atoms with Gasteiger partial charge in [-0.15, -0.1) is 0 Å². The number of carbonyl (C=O) groups excluding carboxylic acids is 1. The first-order valence-electron chi connectivity index (χ1n) is 7.80. The molecule has 0 amide bonds. The minimum Gasteiger partial charge on any atom is -0.462 e. The molecule has 2 rings (SSSR count). The molecule has 0 saturated heterocycles. The second kappa shape index (κ2) is 8.73. The van der Waals surface area contributed by atoms with Crippen LogP contribution >= 0.6 is 0 Å². The van der Waals surface area contributed by atoms with Gasteiger partial charge in [-0.1, -0.05) is 31.5 Å². The number of ether oxygens (including phenoxy) is 1. The Bertz CT molecular complexity index is 636. The molecule has 0 aliphatic heterocycles. The molecule has 0 radical (unpaired) electrons. The van der Waals surface area contributed by atoms with E-state index in [0.717, 1.165) is 24.2 Å². The first kappa shape index (κ1) is 16.7. The van der Waals surface area contributed by atoms with Crippen LogP contribution in [0.15, 0.2) is 59.6 Å². The third-order valence-electron chi connectivity index (χ3n) is 3.38. The lowest BCUT2D eigenvalue weighted by molar-refractivity contribution is 0.0500. The Kier molecular flexibility index (Phi) is 6.36. The monoisotopic (exact) mass is 310 g/mol. The SMILES string of the molecule is CCCCOC(=O)c1ccc(N=CN(C)c2ccccc2)cc1. The van der Waals surface area contributed by atoms with Gasteiger partial charge in [0.1, 0.15) is 0 Å². The molecule has 0 bridgehead atoms. The van der Waals surface area contributed by atoms with Gasteiger partial charge in [0, 0.05) is 12.7 Å². The molecule has 0 unspecified atom stereocenters. The molecule has 0 aliphatic rings. The maximum absolute atomic E-state index is 11.8. The number of rotatable bonds is 7. The molecule has 2 aromatic carbocycles. The van der Waals surface area contributed by atoms with E-state index in [9.17, 15) is 4.79 Å². The molecule has 4 heteroatoms. The van der Waals surface area contributed by atoms with Crippen LogP contribution in [-0.2, 0) is 4.74 Å². The Morgan fingerprint density at radius 3 is 2.48 bits per heavy atom. The molecular weight excluding hydrogens is 288 g/mol. The van der Waals surface area contributed by atoms with Crippen LogP contribution in [0.25, 0.3) is 0 Å². The van der Waals surface area contributed by atoms with E-state index in [1.54, 1.807) is 18.5 Å². The van der Waals surface area contributed by atoms with Gasteiger partial charge in [-0.2, -0.15) is 0 Å². The van der Waals surface area contributed by atoms with E-state index in [0.29, 0.717) is 12.2 Å². The highest BCUT2D eigenvalue weighted by Gasteiger charge is 2.06. The van der Waals surface area contributed by atoms with Crippen LogP contribution in [-0.4, -0.2) is 26.0 Å². The smallest absolute Gasteiger partial charge is 0.338 e. The molecule has 0 spiro atoms. The van der Waals surface area contributed by atoms with Crippen LogP contribution in [0.4, 0.5) is 11.4 Å². The summed E-state index contributed by atoms with van der Waals surface area (Å²) < 4.78 is 5.18. The fraction of sp³-hybridized carbons (Fsp3) is 0.263. The van der Waals surface area contributed by atoms with Crippen LogP contribution in [0.2, 0.25) is 0 Å². The van der Waals surface area contributed by atoms with Crippen molar-refractivity contribution in [2.75, 3.05) is 18.6 Å². The van der Waals surface area contributed by atoms with Gasteiger partial charge < -0.3 is 9.64 Å². The Balaban J connectivity index is 1.94. The number of aliphatic imine (C=N–C) groups is 1. The highest BCUT2D eigenvalue weighted by Crippen LogP contribution is 2.15. The topological polar surface area (TPSA) is 41.9 Å². The van der Waals surface area contributed by atoms with Gasteiger partial charge in [0.15, 0.2) is 0 Å². The highest BCUT2D eigenvalue weighted by atomic mass is 16.5. The van der Waals surface area contributed by atoms with Gasteiger partial charge in [-0.3, -0.25) is 0 Å². The predicted octanol–water partition coefficient (Wildman–Crippen LogP) is 4.44. The Hall–Kier alpha value is -2.62. The van der Waals surface area contributed by atoms with Gasteiger partial charge in [0.05, 0.1) is 24.2 Å². The number of benzene rings is 2. The summed E-state index contributed by atoms with van der Waals surface area (Å²) in [5, 5.41) is 0. The second-order valence-electron chi connectivity index (χ2n) is 5.23. The van der Waals surface area contributed by atoms with Crippen molar-refractivity contribution in [3.63, 3.8) is 0 Å². The number of para-hydroxylation sites is 1. The minimum atomic E-state index is -0.282. The molecule has 0 saturated carbocycles. The second-order valence-corrected chi connectivity index (χ2v) is 5.23. The van der Waals surface area contributed by atoms with Crippen molar-refractivity contribution in [3.8, 4) is 0 Å². The fourth-order valence-electron chi connectivity index (χ4n) is 1.96. The van der Waals surface area contributed by atoms with E-state index < -0.39 is 0 Å². The Morgan fingerprint density at radius 1 is 1.13 bits per heavy atom. The summed E-state index contributed by atoms with van der Waals surface area (Å²) >= 11 is 0. The maximum atomic E-state index is 11.8. The highest BCUT2D eigenvalue weighted by molar-refractivity contribution is 5.90. The van der Waals surface area contributed by atoms with E-state index in [1.807, 2.05) is 54.4 Å². The van der Waals surface area contributed by atoms with E-state index in [1.165, 1.54) is 0 Å². The van der Waals surface area contributed by atoms with Crippen LogP contribution in [0, 0.1) is 0 Å². The number of carbonyl (C=O) groups is 1. The molecule has 0 fully saturated rings. The number of nitrogens with zero attached hydrogens (tertiary/aromatic N) is 2. The number of anilines is 1. The molecule has 4 nitrogen and oxygen atoms in total. The lowest BCUT2D eigenvalue weighted by Crippen LogP contribution is -2.13. The summed E-state index contributed by atoms with van der Waals surface area (Å²) in [6, 6.07) is 17.1. The number of unbranched alkanes of at least 4 members (excludes halogenated alkanes) is 1. The number of esters is 1. The molecule has 120 valence electrons. The average molecular weight is 310 g/mol. The van der Waals surface area contributed by atoms with Crippen LogP contribution in [0.5, 0.6) is 0 Å². The third kappa shape index (κ3) is 5.25. The number of hydrogen-bond donors (Lipinski definition) is 0. The summed E-state index contributed by atoms with van der Waals surface area (Å²) in [4.78, 5) is 18.2. The molecule has 0 N–H and O–H groups in total. The normalized spacial score (nSPS) is 10.7. The standard InChI is InChI=1S/C19H22N2O2/c1-3-4-14-23-19(22)16-10-12-17(13-11-16)20-15-21(2)18-8-6-5-7-9-18/h5-13,15H,3-4,14H2,1-2H3. The molecular formula is C19H22N2O2.